The first-order valence-electron chi connectivity index (χ1n) is 5.22. The van der Waals surface area contributed by atoms with Crippen LogP contribution in [0.25, 0.3) is 11.4 Å². The predicted molar refractivity (Wildman–Crippen MR) is 67.6 cm³/mol. The second kappa shape index (κ2) is 4.51. The third-order valence-electron chi connectivity index (χ3n) is 2.33. The molecule has 4 rings (SSSR count). The third kappa shape index (κ3) is 1.78. The van der Waals surface area contributed by atoms with Gasteiger partial charge in [-0.2, -0.15) is 9.78 Å². The summed E-state index contributed by atoms with van der Waals surface area (Å²) in [5.74, 6) is 4.42. The fraction of sp³-hybridized carbons (Fsp3) is 0. The number of nitrogens with zero attached hydrogens (tertiary/aromatic N) is 11. The number of hydrogen-bond donors (Lipinski definition) is 1. The summed E-state index contributed by atoms with van der Waals surface area (Å²) in [6.07, 6.45) is 1.79. The van der Waals surface area contributed by atoms with Gasteiger partial charge in [-0.1, -0.05) is 5.10 Å². The number of tetrazole rings is 1. The molecule has 1 aliphatic rings. The van der Waals surface area contributed by atoms with Crippen molar-refractivity contribution in [3.63, 3.8) is 0 Å². The van der Waals surface area contributed by atoms with Crippen LogP contribution < -0.4 is 10.6 Å². The van der Waals surface area contributed by atoms with E-state index in [2.05, 4.69) is 46.5 Å². The Labute approximate surface area is 113 Å². The van der Waals surface area contributed by atoms with Crippen molar-refractivity contribution in [2.75, 3.05) is 0 Å². The van der Waals surface area contributed by atoms with E-state index < -0.39 is 0 Å². The molecule has 1 aliphatic heterocycles. The van der Waals surface area contributed by atoms with Crippen molar-refractivity contribution in [3.05, 3.63) is 18.1 Å². The van der Waals surface area contributed by atoms with Gasteiger partial charge in [0.1, 0.15) is 10.5 Å². The SMILES string of the molecule is c1nn(-c2cn(-c3nnnn3C3=NN=[N+]N3)np2)cp1. The molecule has 0 aliphatic carbocycles. The van der Waals surface area contributed by atoms with Crippen molar-refractivity contribution in [2.24, 2.45) is 10.3 Å². The minimum Gasteiger partial charge on any atom is -0.228 e. The monoisotopic (exact) mass is 306 g/mol. The van der Waals surface area contributed by atoms with Crippen molar-refractivity contribution < 1.29 is 0 Å². The van der Waals surface area contributed by atoms with Crippen LogP contribution in [-0.4, -0.2) is 45.5 Å². The van der Waals surface area contributed by atoms with Crippen molar-refractivity contribution in [1.82, 2.24) is 50.2 Å². The highest BCUT2D eigenvalue weighted by Crippen LogP contribution is 2.19. The summed E-state index contributed by atoms with van der Waals surface area (Å²) in [5, 5.41) is 26.3. The first-order chi connectivity index (χ1) is 9.92. The maximum atomic E-state index is 4.30. The highest BCUT2D eigenvalue weighted by atomic mass is 31.0. The molecule has 14 heteroatoms. The standard InChI is InChI=1S/C6H4N12P2/c1-4(17-3-19-2-7-17)20-15-16(1)6-10-13-14-18(6)5-8-11-12-9-5/h1-3H,(H,8,9,11)/q+1. The molecule has 3 aromatic heterocycles. The van der Waals surface area contributed by atoms with E-state index in [0.717, 1.165) is 22.0 Å². The van der Waals surface area contributed by atoms with Crippen LogP contribution in [0.3, 0.4) is 0 Å². The van der Waals surface area contributed by atoms with Crippen molar-refractivity contribution in [3.8, 4) is 11.4 Å². The largest absolute Gasteiger partial charge is 0.413 e. The molecule has 0 saturated heterocycles. The summed E-state index contributed by atoms with van der Waals surface area (Å²) >= 11 is 0. The number of hydrogen-bond acceptors (Lipinski definition) is 9. The molecule has 0 bridgehead atoms. The Morgan fingerprint density at radius 1 is 1.30 bits per heavy atom. The van der Waals surface area contributed by atoms with E-state index in [4.69, 9.17) is 0 Å². The zero-order valence-electron chi connectivity index (χ0n) is 9.55. The Bertz CT molecular complexity index is 796. The van der Waals surface area contributed by atoms with Gasteiger partial charge in [0.25, 0.3) is 5.95 Å². The van der Waals surface area contributed by atoms with Gasteiger partial charge >= 0.3 is 5.96 Å². The first kappa shape index (κ1) is 11.3. The Balaban J connectivity index is 1.74. The zero-order valence-corrected chi connectivity index (χ0v) is 11.3. The Hall–Kier alpha value is -2.58. The van der Waals surface area contributed by atoms with Gasteiger partial charge in [0, 0.05) is 0 Å². The molecule has 0 amide bonds. The summed E-state index contributed by atoms with van der Waals surface area (Å²) in [5.41, 5.74) is 3.48. The fourth-order valence-corrected chi connectivity index (χ4v) is 2.80. The van der Waals surface area contributed by atoms with E-state index >= 15 is 0 Å². The quantitative estimate of drug-likeness (QED) is 0.687. The summed E-state index contributed by atoms with van der Waals surface area (Å²) in [4.78, 5) is 4.30. The molecule has 0 unspecified atom stereocenters. The van der Waals surface area contributed by atoms with Gasteiger partial charge < -0.3 is 0 Å². The van der Waals surface area contributed by atoms with E-state index in [1.54, 1.807) is 21.5 Å². The molecule has 20 heavy (non-hydrogen) atoms. The lowest BCUT2D eigenvalue weighted by molar-refractivity contribution is 0.737. The van der Waals surface area contributed by atoms with E-state index in [-0.39, 0.29) is 0 Å². The Morgan fingerprint density at radius 2 is 2.30 bits per heavy atom. The van der Waals surface area contributed by atoms with Crippen LogP contribution in [-0.2, 0) is 0 Å². The molecule has 0 fully saturated rings. The predicted octanol–water partition coefficient (Wildman–Crippen LogP) is -0.370. The van der Waals surface area contributed by atoms with Crippen LogP contribution in [0, 0.1) is 0 Å². The maximum absolute atomic E-state index is 4.30. The number of rotatable bonds is 2. The van der Waals surface area contributed by atoms with Gasteiger partial charge in [-0.15, -0.1) is 15.0 Å². The molecule has 12 nitrogen and oxygen atoms in total. The molecular formula is C6H4N12P2+. The van der Waals surface area contributed by atoms with Gasteiger partial charge in [-0.05, 0) is 18.6 Å². The molecule has 97 valence electrons. The van der Waals surface area contributed by atoms with Gasteiger partial charge in [-0.25, -0.2) is 4.68 Å². The van der Waals surface area contributed by atoms with E-state index in [1.165, 1.54) is 4.68 Å². The first-order valence-corrected chi connectivity index (χ1v) is 7.10. The van der Waals surface area contributed by atoms with Crippen LogP contribution in [0.5, 0.6) is 0 Å². The van der Waals surface area contributed by atoms with Crippen LogP contribution in [0.2, 0.25) is 0 Å². The Morgan fingerprint density at radius 3 is 3.10 bits per heavy atom. The second-order valence-corrected chi connectivity index (χ2v) is 5.07. The van der Waals surface area contributed by atoms with Crippen molar-refractivity contribution in [1.29, 1.82) is 0 Å². The van der Waals surface area contributed by atoms with Gasteiger partial charge in [0.2, 0.25) is 5.22 Å². The molecule has 0 aromatic carbocycles. The van der Waals surface area contributed by atoms with Gasteiger partial charge in [-0.3, -0.25) is 0 Å². The molecule has 0 saturated carbocycles. The molecular weight excluding hydrogens is 302 g/mol. The van der Waals surface area contributed by atoms with Crippen LogP contribution in [0.4, 0.5) is 0 Å². The molecule has 0 atom stereocenters. The average Bonchev–Trinajstić information content (AvgIpc) is 3.23. The normalized spacial score (nSPS) is 14.3. The molecule has 0 spiro atoms. The van der Waals surface area contributed by atoms with E-state index in [1.807, 2.05) is 5.93 Å². The third-order valence-corrected chi connectivity index (χ3v) is 3.72. The van der Waals surface area contributed by atoms with Crippen LogP contribution in [0.15, 0.2) is 28.4 Å². The van der Waals surface area contributed by atoms with Crippen molar-refractivity contribution >= 4 is 22.5 Å². The highest BCUT2D eigenvalue weighted by Gasteiger charge is 2.24. The van der Waals surface area contributed by atoms with Crippen molar-refractivity contribution in [2.45, 2.75) is 0 Å². The summed E-state index contributed by atoms with van der Waals surface area (Å²) < 4.78 is 4.67. The van der Waals surface area contributed by atoms with Gasteiger partial charge in [0.15, 0.2) is 5.22 Å². The van der Waals surface area contributed by atoms with Crippen LogP contribution >= 0.6 is 16.5 Å². The minimum absolute atomic E-state index is 0.308. The van der Waals surface area contributed by atoms with Gasteiger partial charge in [0.05, 0.1) is 26.4 Å². The Kier molecular flexibility index (Phi) is 2.54. The highest BCUT2D eigenvalue weighted by molar-refractivity contribution is 7.29. The average molecular weight is 306 g/mol. The lowest BCUT2D eigenvalue weighted by Crippen LogP contribution is -2.30. The molecule has 1 radical (unpaired) electrons. The topological polar surface area (TPSA) is 130 Å². The molecule has 3 aromatic rings. The molecule has 1 N–H and O–H groups in total. The van der Waals surface area contributed by atoms with E-state index in [0.29, 0.717) is 11.9 Å². The number of aromatic nitrogens is 8. The smallest absolute Gasteiger partial charge is 0.228 e. The number of nitrogens with one attached hydrogen (secondary N) is 1. The zero-order chi connectivity index (χ0) is 13.4. The summed E-state index contributed by atoms with van der Waals surface area (Å²) in [6.45, 7) is 0. The van der Waals surface area contributed by atoms with E-state index in [9.17, 15) is 0 Å². The summed E-state index contributed by atoms with van der Waals surface area (Å²) in [7, 11) is 1.79. The van der Waals surface area contributed by atoms with Crippen LogP contribution in [0.1, 0.15) is 0 Å². The second-order valence-electron chi connectivity index (χ2n) is 3.48. The maximum Gasteiger partial charge on any atom is 0.413 e. The molecule has 4 heterocycles. The lowest BCUT2D eigenvalue weighted by Gasteiger charge is -1.97. The minimum atomic E-state index is 0.308. The lowest BCUT2D eigenvalue weighted by atomic mass is 10.8. The fourth-order valence-electron chi connectivity index (χ4n) is 1.49. The summed E-state index contributed by atoms with van der Waals surface area (Å²) in [6, 6.07) is 0.